The lowest BCUT2D eigenvalue weighted by Crippen LogP contribution is -2.45. The highest BCUT2D eigenvalue weighted by Crippen LogP contribution is 2.50. The molecule has 0 saturated carbocycles. The Hall–Kier alpha value is -2.57. The Kier molecular flexibility index (Phi) is 17.3. The van der Waals surface area contributed by atoms with Crippen LogP contribution in [0.2, 0.25) is 0 Å². The normalized spacial score (nSPS) is 12.5. The van der Waals surface area contributed by atoms with Crippen LogP contribution in [0.15, 0.2) is 4.76 Å². The van der Waals surface area contributed by atoms with Crippen molar-refractivity contribution in [2.45, 2.75) is 58.9 Å². The van der Waals surface area contributed by atoms with E-state index in [4.69, 9.17) is 24.3 Å². The van der Waals surface area contributed by atoms with Gasteiger partial charge in [0.15, 0.2) is 0 Å². The van der Waals surface area contributed by atoms with Crippen LogP contribution in [0.1, 0.15) is 52.9 Å². The second-order valence-electron chi connectivity index (χ2n) is 6.94. The van der Waals surface area contributed by atoms with Crippen LogP contribution in [0.4, 0.5) is 9.59 Å². The first kappa shape index (κ1) is 32.4. The molecule has 0 aromatic carbocycles. The Morgan fingerprint density at radius 2 is 1.29 bits per heavy atom. The van der Waals surface area contributed by atoms with E-state index in [9.17, 15) is 24.1 Å². The third-order valence-corrected chi connectivity index (χ3v) is 5.74. The van der Waals surface area contributed by atoms with Crippen molar-refractivity contribution in [2.24, 2.45) is 10.5 Å². The van der Waals surface area contributed by atoms with Crippen molar-refractivity contribution in [2.75, 3.05) is 46.7 Å². The zero-order valence-electron chi connectivity index (χ0n) is 20.8. The second-order valence-corrected chi connectivity index (χ2v) is 8.60. The molecule has 204 valence electrons. The third-order valence-electron chi connectivity index (χ3n) is 4.28. The molecular formula is C20H38N3O11P. The highest BCUT2D eigenvalue weighted by atomic mass is 31.2. The van der Waals surface area contributed by atoms with Crippen molar-refractivity contribution in [3.8, 4) is 0 Å². The molecular weight excluding hydrogens is 489 g/mol. The number of carbonyl (C=O) groups is 3. The maximum absolute atomic E-state index is 13.2. The number of carbonyl (C=O) groups excluding carboxylic acids is 2. The fourth-order valence-corrected chi connectivity index (χ4v) is 3.76. The summed E-state index contributed by atoms with van der Waals surface area (Å²) in [6.07, 6.45) is 0.197. The van der Waals surface area contributed by atoms with E-state index in [2.05, 4.69) is 14.2 Å². The molecule has 0 spiro atoms. The molecule has 35 heavy (non-hydrogen) atoms. The van der Waals surface area contributed by atoms with E-state index in [1.807, 2.05) is 0 Å². The summed E-state index contributed by atoms with van der Waals surface area (Å²) in [4.78, 5) is 34.9. The SMILES string of the molecule is CCOC(=O)OCCCCOP(=O)(N=C(N)N(C)C(CC)C(=O)O)OCCCCOC(=O)OCC. The van der Waals surface area contributed by atoms with E-state index in [1.165, 1.54) is 11.9 Å². The van der Waals surface area contributed by atoms with Crippen molar-refractivity contribution in [1.82, 2.24) is 4.90 Å². The van der Waals surface area contributed by atoms with Gasteiger partial charge in [0, 0.05) is 7.05 Å². The van der Waals surface area contributed by atoms with Crippen LogP contribution < -0.4 is 5.73 Å². The molecule has 0 aromatic heterocycles. The van der Waals surface area contributed by atoms with E-state index in [0.717, 1.165) is 0 Å². The summed E-state index contributed by atoms with van der Waals surface area (Å²) < 4.78 is 46.7. The zero-order valence-corrected chi connectivity index (χ0v) is 21.7. The highest BCUT2D eigenvalue weighted by molar-refractivity contribution is 7.52. The number of unbranched alkanes of at least 4 members (excludes halogenated alkanes) is 2. The van der Waals surface area contributed by atoms with E-state index in [-0.39, 0.29) is 52.0 Å². The summed E-state index contributed by atoms with van der Waals surface area (Å²) in [6, 6.07) is -0.979. The van der Waals surface area contributed by atoms with Gasteiger partial charge in [-0.15, -0.1) is 4.76 Å². The Balaban J connectivity index is 4.91. The molecule has 0 saturated heterocycles. The number of carboxylic acid groups (broad SMARTS) is 1. The first-order valence-electron chi connectivity index (χ1n) is 11.4. The Bertz CT molecular complexity index is 686. The summed E-state index contributed by atoms with van der Waals surface area (Å²) in [5.41, 5.74) is 5.88. The first-order chi connectivity index (χ1) is 16.6. The topological polar surface area (TPSA) is 186 Å². The largest absolute Gasteiger partial charge is 0.508 e. The van der Waals surface area contributed by atoms with E-state index in [0.29, 0.717) is 25.7 Å². The first-order valence-corrected chi connectivity index (χ1v) is 12.9. The van der Waals surface area contributed by atoms with Gasteiger partial charge in [-0.05, 0) is 46.0 Å². The van der Waals surface area contributed by atoms with Crippen LogP contribution in [0, 0.1) is 0 Å². The van der Waals surface area contributed by atoms with Gasteiger partial charge in [0.05, 0.1) is 39.6 Å². The summed E-state index contributed by atoms with van der Waals surface area (Å²) >= 11 is 0. The van der Waals surface area contributed by atoms with Crippen molar-refractivity contribution >= 4 is 32.0 Å². The van der Waals surface area contributed by atoms with Crippen LogP contribution >= 0.6 is 7.75 Å². The molecule has 0 bridgehead atoms. The summed E-state index contributed by atoms with van der Waals surface area (Å²) in [7, 11) is -2.70. The minimum absolute atomic E-state index is 0.0495. The van der Waals surface area contributed by atoms with Gasteiger partial charge in [-0.1, -0.05) is 6.92 Å². The van der Waals surface area contributed by atoms with Crippen molar-refractivity contribution in [3.05, 3.63) is 0 Å². The zero-order chi connectivity index (χ0) is 26.7. The fourth-order valence-electron chi connectivity index (χ4n) is 2.46. The van der Waals surface area contributed by atoms with Gasteiger partial charge in [0.25, 0.3) is 0 Å². The predicted octanol–water partition coefficient (Wildman–Crippen LogP) is 3.14. The number of ether oxygens (including phenoxy) is 4. The summed E-state index contributed by atoms with van der Waals surface area (Å²) in [5.74, 6) is -1.44. The number of hydrogen-bond donors (Lipinski definition) is 2. The van der Waals surface area contributed by atoms with Crippen LogP contribution in [0.5, 0.6) is 0 Å². The van der Waals surface area contributed by atoms with Crippen LogP contribution in [-0.2, 0) is 37.4 Å². The smallest absolute Gasteiger partial charge is 0.480 e. The number of rotatable bonds is 18. The summed E-state index contributed by atoms with van der Waals surface area (Å²) in [5, 5.41) is 9.31. The number of guanidine groups is 1. The molecule has 1 atom stereocenters. The molecule has 14 nitrogen and oxygen atoms in total. The molecule has 0 radical (unpaired) electrons. The third kappa shape index (κ3) is 15.1. The monoisotopic (exact) mass is 527 g/mol. The molecule has 0 aromatic rings. The van der Waals surface area contributed by atoms with E-state index >= 15 is 0 Å². The summed E-state index contributed by atoms with van der Waals surface area (Å²) in [6.45, 7) is 5.44. The van der Waals surface area contributed by atoms with Gasteiger partial charge < -0.3 is 34.7 Å². The van der Waals surface area contributed by atoms with Crippen LogP contribution in [0.3, 0.4) is 0 Å². The predicted molar refractivity (Wildman–Crippen MR) is 125 cm³/mol. The van der Waals surface area contributed by atoms with E-state index < -0.39 is 32.1 Å². The number of carboxylic acids is 1. The average molecular weight is 528 g/mol. The van der Waals surface area contributed by atoms with Crippen molar-refractivity contribution < 1.29 is 52.1 Å². The molecule has 0 rings (SSSR count). The Morgan fingerprint density at radius 3 is 1.66 bits per heavy atom. The van der Waals surface area contributed by atoms with Crippen LogP contribution in [0.25, 0.3) is 0 Å². The van der Waals surface area contributed by atoms with Crippen molar-refractivity contribution in [3.63, 3.8) is 0 Å². The lowest BCUT2D eigenvalue weighted by atomic mass is 10.2. The lowest BCUT2D eigenvalue weighted by molar-refractivity contribution is -0.141. The van der Waals surface area contributed by atoms with Gasteiger partial charge in [0.1, 0.15) is 6.04 Å². The molecule has 1 unspecified atom stereocenters. The molecule has 0 aliphatic carbocycles. The van der Waals surface area contributed by atoms with Gasteiger partial charge in [-0.25, -0.2) is 18.9 Å². The van der Waals surface area contributed by atoms with E-state index in [1.54, 1.807) is 20.8 Å². The molecule has 0 fully saturated rings. The number of hydrogen-bond acceptors (Lipinski definition) is 10. The fraction of sp³-hybridized carbons (Fsp3) is 0.800. The van der Waals surface area contributed by atoms with Gasteiger partial charge in [-0.2, -0.15) is 0 Å². The molecule has 0 heterocycles. The minimum Gasteiger partial charge on any atom is -0.480 e. The minimum atomic E-state index is -4.10. The number of nitrogens with zero attached hydrogens (tertiary/aromatic N) is 2. The number of nitrogens with two attached hydrogens (primary N) is 1. The standard InChI is InChI=1S/C20H38N3O11P/c1-5-16(17(24)25)23(4)18(21)22-35(28,33-14-10-8-12-31-19(26)29-6-2)34-15-11-9-13-32-20(27)30-7-3/h16H,5-15H2,1-4H3,(H,24,25)(H2,21,22,28). The Labute approximate surface area is 205 Å². The average Bonchev–Trinajstić information content (AvgIpc) is 2.79. The maximum Gasteiger partial charge on any atom is 0.508 e. The lowest BCUT2D eigenvalue weighted by Gasteiger charge is -2.25. The molecule has 15 heteroatoms. The Morgan fingerprint density at radius 1 is 0.857 bits per heavy atom. The van der Waals surface area contributed by atoms with Crippen LogP contribution in [-0.4, -0.2) is 87.0 Å². The highest BCUT2D eigenvalue weighted by Gasteiger charge is 2.28. The van der Waals surface area contributed by atoms with Crippen molar-refractivity contribution in [1.29, 1.82) is 0 Å². The molecule has 0 aliphatic rings. The maximum atomic E-state index is 13.2. The number of aliphatic carboxylic acids is 1. The van der Waals surface area contributed by atoms with Gasteiger partial charge in [0.2, 0.25) is 5.96 Å². The quantitative estimate of drug-likeness (QED) is 0.0871. The van der Waals surface area contributed by atoms with Gasteiger partial charge >= 0.3 is 26.0 Å². The molecule has 0 aliphatic heterocycles. The van der Waals surface area contributed by atoms with Gasteiger partial charge in [-0.3, -0.25) is 9.05 Å². The number of likely N-dealkylation sites (N-methyl/N-ethyl adjacent to an activating group) is 1. The molecule has 3 N–H and O–H groups in total. The second kappa shape index (κ2) is 18.7. The molecule has 0 amide bonds.